The Kier molecular flexibility index (Phi) is 3.94. The van der Waals surface area contributed by atoms with E-state index in [0.29, 0.717) is 12.3 Å². The molecule has 1 aromatic heterocycles. The lowest BCUT2D eigenvalue weighted by molar-refractivity contribution is 0.0915. The number of nitriles is 1. The average molecular weight is 265 g/mol. The minimum absolute atomic E-state index is 0.267. The van der Waals surface area contributed by atoms with E-state index in [2.05, 4.69) is 16.4 Å². The number of ether oxygens (including phenoxy) is 1. The van der Waals surface area contributed by atoms with Gasteiger partial charge in [0.25, 0.3) is 5.91 Å². The highest BCUT2D eigenvalue weighted by molar-refractivity contribution is 7.09. The topological polar surface area (TPSA) is 75.0 Å². The van der Waals surface area contributed by atoms with Gasteiger partial charge in [-0.15, -0.1) is 11.3 Å². The van der Waals surface area contributed by atoms with E-state index in [-0.39, 0.29) is 5.91 Å². The second kappa shape index (κ2) is 5.46. The molecule has 0 spiro atoms. The Balaban J connectivity index is 2.04. The van der Waals surface area contributed by atoms with E-state index in [1.165, 1.54) is 11.3 Å². The number of nitrogens with one attached hydrogen (secondary N) is 1. The Morgan fingerprint density at radius 3 is 3.00 bits per heavy atom. The fourth-order valence-corrected chi connectivity index (χ4v) is 2.87. The van der Waals surface area contributed by atoms with E-state index < -0.39 is 5.54 Å². The third kappa shape index (κ3) is 2.68. The Bertz CT molecular complexity index is 472. The van der Waals surface area contributed by atoms with Gasteiger partial charge >= 0.3 is 0 Å². The maximum atomic E-state index is 12.0. The minimum Gasteiger partial charge on any atom is -0.378 e. The molecule has 0 radical (unpaired) electrons. The first-order chi connectivity index (χ1) is 8.69. The first-order valence-corrected chi connectivity index (χ1v) is 6.74. The predicted molar refractivity (Wildman–Crippen MR) is 67.1 cm³/mol. The quantitative estimate of drug-likeness (QED) is 0.901. The summed E-state index contributed by atoms with van der Waals surface area (Å²) in [5.41, 5.74) is -0.323. The third-order valence-electron chi connectivity index (χ3n) is 3.08. The molecule has 1 aliphatic carbocycles. The minimum atomic E-state index is -0.692. The summed E-state index contributed by atoms with van der Waals surface area (Å²) < 4.78 is 4.96. The van der Waals surface area contributed by atoms with Crippen LogP contribution in [0.1, 0.15) is 41.2 Å². The lowest BCUT2D eigenvalue weighted by atomic mass is 10.00. The smallest absolute Gasteiger partial charge is 0.272 e. The molecule has 18 heavy (non-hydrogen) atoms. The number of thiazole rings is 1. The van der Waals surface area contributed by atoms with E-state index in [1.807, 2.05) is 0 Å². The zero-order valence-corrected chi connectivity index (χ0v) is 11.0. The van der Waals surface area contributed by atoms with Crippen molar-refractivity contribution in [3.8, 4) is 6.07 Å². The van der Waals surface area contributed by atoms with Gasteiger partial charge in [-0.25, -0.2) is 4.98 Å². The van der Waals surface area contributed by atoms with Gasteiger partial charge in [0.15, 0.2) is 0 Å². The molecule has 1 amide bonds. The van der Waals surface area contributed by atoms with Crippen molar-refractivity contribution in [2.45, 2.75) is 37.8 Å². The van der Waals surface area contributed by atoms with Gasteiger partial charge in [0.1, 0.15) is 16.2 Å². The molecule has 0 unspecified atom stereocenters. The summed E-state index contributed by atoms with van der Waals surface area (Å²) in [7, 11) is 1.59. The molecule has 1 aliphatic rings. The monoisotopic (exact) mass is 265 g/mol. The van der Waals surface area contributed by atoms with Crippen LogP contribution in [0.25, 0.3) is 0 Å². The van der Waals surface area contributed by atoms with E-state index in [1.54, 1.807) is 12.5 Å². The number of hydrogen-bond donors (Lipinski definition) is 1. The van der Waals surface area contributed by atoms with Crippen LogP contribution in [0.3, 0.4) is 0 Å². The van der Waals surface area contributed by atoms with Gasteiger partial charge in [-0.1, -0.05) is 0 Å². The van der Waals surface area contributed by atoms with Crippen LogP contribution in [0, 0.1) is 11.3 Å². The lowest BCUT2D eigenvalue weighted by Crippen LogP contribution is -2.45. The second-order valence-corrected chi connectivity index (χ2v) is 5.36. The molecule has 0 saturated heterocycles. The SMILES string of the molecule is COCc1nc(C(=O)NC2(C#N)CCCC2)cs1. The number of nitrogens with zero attached hydrogens (tertiary/aromatic N) is 2. The number of carbonyl (C=O) groups is 1. The molecule has 0 aromatic carbocycles. The zero-order valence-electron chi connectivity index (χ0n) is 10.2. The first kappa shape index (κ1) is 13.0. The maximum Gasteiger partial charge on any atom is 0.272 e. The van der Waals surface area contributed by atoms with Gasteiger partial charge in [-0.2, -0.15) is 5.26 Å². The van der Waals surface area contributed by atoms with Crippen molar-refractivity contribution in [3.05, 3.63) is 16.1 Å². The fourth-order valence-electron chi connectivity index (χ4n) is 2.13. The van der Waals surface area contributed by atoms with Gasteiger partial charge in [-0.05, 0) is 25.7 Å². The van der Waals surface area contributed by atoms with Crippen LogP contribution in [0.5, 0.6) is 0 Å². The summed E-state index contributed by atoms with van der Waals surface area (Å²) >= 11 is 1.39. The van der Waals surface area contributed by atoms with Crippen molar-refractivity contribution in [1.29, 1.82) is 5.26 Å². The van der Waals surface area contributed by atoms with Crippen LogP contribution >= 0.6 is 11.3 Å². The van der Waals surface area contributed by atoms with Crippen molar-refractivity contribution in [1.82, 2.24) is 10.3 Å². The van der Waals surface area contributed by atoms with Crippen molar-refractivity contribution in [2.75, 3.05) is 7.11 Å². The molecule has 0 atom stereocenters. The number of amides is 1. The normalized spacial score (nSPS) is 17.3. The van der Waals surface area contributed by atoms with Crippen molar-refractivity contribution in [3.63, 3.8) is 0 Å². The van der Waals surface area contributed by atoms with Gasteiger partial charge in [0.2, 0.25) is 0 Å². The molecular weight excluding hydrogens is 250 g/mol. The van der Waals surface area contributed by atoms with Gasteiger partial charge in [-0.3, -0.25) is 4.79 Å². The Morgan fingerprint density at radius 1 is 1.67 bits per heavy atom. The van der Waals surface area contributed by atoms with Crippen molar-refractivity contribution >= 4 is 17.2 Å². The van der Waals surface area contributed by atoms with Crippen molar-refractivity contribution < 1.29 is 9.53 Å². The number of carbonyl (C=O) groups excluding carboxylic acids is 1. The highest BCUT2D eigenvalue weighted by Crippen LogP contribution is 2.29. The summed E-state index contributed by atoms with van der Waals surface area (Å²) in [6.45, 7) is 0.404. The summed E-state index contributed by atoms with van der Waals surface area (Å²) in [6.07, 6.45) is 3.42. The van der Waals surface area contributed by atoms with Gasteiger partial charge in [0.05, 0.1) is 12.7 Å². The summed E-state index contributed by atoms with van der Waals surface area (Å²) in [5.74, 6) is -0.267. The second-order valence-electron chi connectivity index (χ2n) is 4.41. The summed E-state index contributed by atoms with van der Waals surface area (Å²) in [4.78, 5) is 16.2. The summed E-state index contributed by atoms with van der Waals surface area (Å²) in [6, 6.07) is 2.23. The van der Waals surface area contributed by atoms with E-state index in [9.17, 15) is 10.1 Å². The molecule has 5 nitrogen and oxygen atoms in total. The average Bonchev–Trinajstić information content (AvgIpc) is 2.99. The molecule has 96 valence electrons. The van der Waals surface area contributed by atoms with Gasteiger partial charge in [0, 0.05) is 12.5 Å². The van der Waals surface area contributed by atoms with E-state index in [4.69, 9.17) is 4.74 Å². The molecule has 1 heterocycles. The molecule has 2 rings (SSSR count). The zero-order chi connectivity index (χ0) is 13.0. The Labute approximate surface area is 110 Å². The van der Waals surface area contributed by atoms with Crippen LogP contribution in [0.4, 0.5) is 0 Å². The fraction of sp³-hybridized carbons (Fsp3) is 0.583. The molecule has 1 fully saturated rings. The number of rotatable bonds is 4. The van der Waals surface area contributed by atoms with Crippen LogP contribution < -0.4 is 5.32 Å². The highest BCUT2D eigenvalue weighted by Gasteiger charge is 2.36. The summed E-state index contributed by atoms with van der Waals surface area (Å²) in [5, 5.41) is 14.5. The molecule has 1 N–H and O–H groups in total. The Hall–Kier alpha value is -1.45. The van der Waals surface area contributed by atoms with Crippen LogP contribution in [-0.2, 0) is 11.3 Å². The van der Waals surface area contributed by atoms with Crippen LogP contribution in [-0.4, -0.2) is 23.5 Å². The standard InChI is InChI=1S/C12H15N3O2S/c1-17-6-10-14-9(7-18-10)11(16)15-12(8-13)4-2-3-5-12/h7H,2-6H2,1H3,(H,15,16). The molecule has 6 heteroatoms. The molecule has 0 bridgehead atoms. The Morgan fingerprint density at radius 2 is 2.39 bits per heavy atom. The number of aromatic nitrogens is 1. The van der Waals surface area contributed by atoms with Crippen LogP contribution in [0.2, 0.25) is 0 Å². The predicted octanol–water partition coefficient (Wildman–Crippen LogP) is 1.86. The molecule has 1 aromatic rings. The maximum absolute atomic E-state index is 12.0. The third-order valence-corrected chi connectivity index (χ3v) is 3.90. The van der Waals surface area contributed by atoms with E-state index >= 15 is 0 Å². The highest BCUT2D eigenvalue weighted by atomic mass is 32.1. The largest absolute Gasteiger partial charge is 0.378 e. The van der Waals surface area contributed by atoms with E-state index in [0.717, 1.165) is 30.7 Å². The molecule has 0 aliphatic heterocycles. The first-order valence-electron chi connectivity index (χ1n) is 5.86. The molecular formula is C12H15N3O2S. The molecule has 1 saturated carbocycles. The number of hydrogen-bond acceptors (Lipinski definition) is 5. The number of methoxy groups -OCH3 is 1. The van der Waals surface area contributed by atoms with Crippen LogP contribution in [0.15, 0.2) is 5.38 Å². The lowest BCUT2D eigenvalue weighted by Gasteiger charge is -2.21. The van der Waals surface area contributed by atoms with Crippen molar-refractivity contribution in [2.24, 2.45) is 0 Å². The van der Waals surface area contributed by atoms with Gasteiger partial charge < -0.3 is 10.1 Å².